The summed E-state index contributed by atoms with van der Waals surface area (Å²) in [5.74, 6) is -0.799. The highest BCUT2D eigenvalue weighted by Gasteiger charge is 2.22. The number of benzene rings is 1. The highest BCUT2D eigenvalue weighted by molar-refractivity contribution is 6.30. The van der Waals surface area contributed by atoms with Gasteiger partial charge < -0.3 is 5.32 Å². The SMILES string of the molecule is O=NC(=O)c1ncc(Nc2cccc(Cl)c2)c2c1CCCC2. The van der Waals surface area contributed by atoms with E-state index >= 15 is 0 Å². The van der Waals surface area contributed by atoms with Crippen LogP contribution in [0.15, 0.2) is 35.6 Å². The van der Waals surface area contributed by atoms with Gasteiger partial charge in [0.25, 0.3) is 0 Å². The van der Waals surface area contributed by atoms with E-state index in [1.165, 1.54) is 0 Å². The van der Waals surface area contributed by atoms with E-state index in [2.05, 4.69) is 15.5 Å². The Kier molecular flexibility index (Phi) is 4.15. The lowest BCUT2D eigenvalue weighted by Crippen LogP contribution is -2.14. The number of pyridine rings is 1. The molecule has 1 amide bonds. The Morgan fingerprint density at radius 2 is 2.00 bits per heavy atom. The first kappa shape index (κ1) is 14.7. The molecule has 0 saturated carbocycles. The Morgan fingerprint density at radius 3 is 2.73 bits per heavy atom. The predicted molar refractivity (Wildman–Crippen MR) is 85.7 cm³/mol. The number of anilines is 2. The van der Waals surface area contributed by atoms with Crippen LogP contribution >= 0.6 is 11.6 Å². The molecule has 1 N–H and O–H groups in total. The first-order valence-corrected chi connectivity index (χ1v) is 7.48. The number of carbonyl (C=O) groups excluding carboxylic acids is 1. The van der Waals surface area contributed by atoms with Gasteiger partial charge in [-0.15, -0.1) is 4.91 Å². The van der Waals surface area contributed by atoms with Crippen molar-refractivity contribution in [2.24, 2.45) is 5.18 Å². The number of fused-ring (bicyclic) bond motifs is 1. The van der Waals surface area contributed by atoms with E-state index in [-0.39, 0.29) is 5.69 Å². The fourth-order valence-corrected chi connectivity index (χ4v) is 3.00. The van der Waals surface area contributed by atoms with Crippen LogP contribution in [0, 0.1) is 4.91 Å². The van der Waals surface area contributed by atoms with Crippen molar-refractivity contribution in [1.29, 1.82) is 0 Å². The molecule has 5 nitrogen and oxygen atoms in total. The number of halogens is 1. The molecule has 1 aromatic heterocycles. The Bertz CT molecular complexity index is 746. The van der Waals surface area contributed by atoms with Crippen molar-refractivity contribution in [3.63, 3.8) is 0 Å². The molecule has 1 aliphatic rings. The van der Waals surface area contributed by atoms with Crippen LogP contribution in [0.5, 0.6) is 0 Å². The number of hydrogen-bond acceptors (Lipinski definition) is 4. The first-order chi connectivity index (χ1) is 10.7. The average Bonchev–Trinajstić information content (AvgIpc) is 2.54. The third-order valence-electron chi connectivity index (χ3n) is 3.79. The molecule has 0 saturated heterocycles. The maximum Gasteiger partial charge on any atom is 0.335 e. The summed E-state index contributed by atoms with van der Waals surface area (Å²) in [4.78, 5) is 26.3. The zero-order valence-corrected chi connectivity index (χ0v) is 12.6. The molecule has 0 fully saturated rings. The van der Waals surface area contributed by atoms with Gasteiger partial charge in [0.2, 0.25) is 0 Å². The third kappa shape index (κ3) is 2.85. The Labute approximate surface area is 132 Å². The smallest absolute Gasteiger partial charge is 0.335 e. The lowest BCUT2D eigenvalue weighted by atomic mass is 9.89. The second kappa shape index (κ2) is 6.23. The van der Waals surface area contributed by atoms with E-state index in [1.807, 2.05) is 18.2 Å². The maximum absolute atomic E-state index is 11.6. The molecule has 1 aromatic carbocycles. The second-order valence-corrected chi connectivity index (χ2v) is 5.65. The zero-order valence-electron chi connectivity index (χ0n) is 11.8. The van der Waals surface area contributed by atoms with Crippen LogP contribution in [0.3, 0.4) is 0 Å². The largest absolute Gasteiger partial charge is 0.354 e. The van der Waals surface area contributed by atoms with Crippen molar-refractivity contribution in [3.8, 4) is 0 Å². The molecule has 0 aliphatic heterocycles. The molecule has 0 bridgehead atoms. The quantitative estimate of drug-likeness (QED) is 0.859. The second-order valence-electron chi connectivity index (χ2n) is 5.22. The molecule has 6 heteroatoms. The summed E-state index contributed by atoms with van der Waals surface area (Å²) in [5.41, 5.74) is 3.76. The van der Waals surface area contributed by atoms with Gasteiger partial charge in [-0.05, 0) is 55.0 Å². The number of aromatic nitrogens is 1. The van der Waals surface area contributed by atoms with E-state index in [0.717, 1.165) is 48.2 Å². The van der Waals surface area contributed by atoms with Crippen LogP contribution in [0.1, 0.15) is 34.5 Å². The maximum atomic E-state index is 11.6. The molecule has 1 heterocycles. The number of amides is 1. The molecule has 0 radical (unpaired) electrons. The molecule has 0 unspecified atom stereocenters. The number of hydrogen-bond donors (Lipinski definition) is 1. The number of nitroso groups, excluding NO2 is 1. The topological polar surface area (TPSA) is 71.4 Å². The van der Waals surface area contributed by atoms with Gasteiger partial charge in [-0.25, -0.2) is 4.98 Å². The fraction of sp³-hybridized carbons (Fsp3) is 0.250. The molecule has 22 heavy (non-hydrogen) atoms. The summed E-state index contributed by atoms with van der Waals surface area (Å²) >= 11 is 5.99. The molecule has 0 spiro atoms. The summed E-state index contributed by atoms with van der Waals surface area (Å²) in [6.07, 6.45) is 5.20. The van der Waals surface area contributed by atoms with Gasteiger partial charge in [-0.1, -0.05) is 17.7 Å². The monoisotopic (exact) mass is 315 g/mol. The van der Waals surface area contributed by atoms with Crippen LogP contribution in [0.25, 0.3) is 0 Å². The van der Waals surface area contributed by atoms with E-state index < -0.39 is 5.91 Å². The summed E-state index contributed by atoms with van der Waals surface area (Å²) in [5, 5.41) is 6.44. The Hall–Kier alpha value is -2.27. The minimum Gasteiger partial charge on any atom is -0.354 e. The standard InChI is InChI=1S/C16H14ClN3O2/c17-10-4-3-5-11(8-10)19-14-9-18-15(16(21)20-22)13-7-2-1-6-12(13)14/h3-5,8-9,19H,1-2,6-7H2. The van der Waals surface area contributed by atoms with Crippen LogP contribution in [-0.2, 0) is 12.8 Å². The van der Waals surface area contributed by atoms with Crippen molar-refractivity contribution < 1.29 is 4.79 Å². The molecular formula is C16H14ClN3O2. The third-order valence-corrected chi connectivity index (χ3v) is 4.03. The molecule has 2 aromatic rings. The van der Waals surface area contributed by atoms with Gasteiger partial charge in [-0.3, -0.25) is 4.79 Å². The normalized spacial score (nSPS) is 13.3. The van der Waals surface area contributed by atoms with Crippen LogP contribution in [-0.4, -0.2) is 10.9 Å². The molecule has 0 atom stereocenters. The van der Waals surface area contributed by atoms with Crippen molar-refractivity contribution in [3.05, 3.63) is 57.2 Å². The summed E-state index contributed by atoms with van der Waals surface area (Å²) in [7, 11) is 0. The predicted octanol–water partition coefficient (Wildman–Crippen LogP) is 4.26. The van der Waals surface area contributed by atoms with Crippen molar-refractivity contribution in [2.45, 2.75) is 25.7 Å². The minimum absolute atomic E-state index is 0.182. The lowest BCUT2D eigenvalue weighted by Gasteiger charge is -2.21. The molecule has 112 valence electrons. The van der Waals surface area contributed by atoms with E-state index in [4.69, 9.17) is 11.6 Å². The average molecular weight is 316 g/mol. The van der Waals surface area contributed by atoms with E-state index in [1.54, 1.807) is 12.3 Å². The van der Waals surface area contributed by atoms with Gasteiger partial charge in [0.1, 0.15) is 5.69 Å². The van der Waals surface area contributed by atoms with Gasteiger partial charge in [0, 0.05) is 15.9 Å². The summed E-state index contributed by atoms with van der Waals surface area (Å²) < 4.78 is 0. The van der Waals surface area contributed by atoms with Crippen LogP contribution in [0.4, 0.5) is 11.4 Å². The fourth-order valence-electron chi connectivity index (χ4n) is 2.81. The summed E-state index contributed by atoms with van der Waals surface area (Å²) in [6.45, 7) is 0. The molecule has 1 aliphatic carbocycles. The lowest BCUT2D eigenvalue weighted by molar-refractivity contribution is 0.0995. The van der Waals surface area contributed by atoms with Crippen LogP contribution in [0.2, 0.25) is 5.02 Å². The van der Waals surface area contributed by atoms with Crippen molar-refractivity contribution in [1.82, 2.24) is 4.98 Å². The number of rotatable bonds is 3. The highest BCUT2D eigenvalue weighted by Crippen LogP contribution is 2.32. The molecule has 3 rings (SSSR count). The number of carbonyl (C=O) groups is 1. The first-order valence-electron chi connectivity index (χ1n) is 7.10. The van der Waals surface area contributed by atoms with E-state index in [0.29, 0.717) is 5.02 Å². The van der Waals surface area contributed by atoms with Crippen molar-refractivity contribution in [2.75, 3.05) is 5.32 Å². The van der Waals surface area contributed by atoms with E-state index in [9.17, 15) is 9.70 Å². The van der Waals surface area contributed by atoms with Crippen molar-refractivity contribution >= 4 is 28.9 Å². The van der Waals surface area contributed by atoms with Gasteiger partial charge in [0.15, 0.2) is 0 Å². The molecular weight excluding hydrogens is 302 g/mol. The Balaban J connectivity index is 2.02. The number of nitrogens with one attached hydrogen (secondary N) is 1. The van der Waals surface area contributed by atoms with Gasteiger partial charge in [-0.2, -0.15) is 0 Å². The highest BCUT2D eigenvalue weighted by atomic mass is 35.5. The summed E-state index contributed by atoms with van der Waals surface area (Å²) in [6, 6.07) is 7.40. The number of nitrogens with zero attached hydrogens (tertiary/aromatic N) is 2. The zero-order chi connectivity index (χ0) is 15.5. The van der Waals surface area contributed by atoms with Gasteiger partial charge in [0.05, 0.1) is 11.9 Å². The van der Waals surface area contributed by atoms with Gasteiger partial charge >= 0.3 is 5.91 Å². The van der Waals surface area contributed by atoms with Crippen LogP contribution < -0.4 is 5.32 Å². The minimum atomic E-state index is -0.799. The Morgan fingerprint density at radius 1 is 1.23 bits per heavy atom.